The Bertz CT molecular complexity index is 996. The highest BCUT2D eigenvalue weighted by molar-refractivity contribution is 6.00. The number of carboxylic acids is 3. The zero-order chi connectivity index (χ0) is 24.4. The molecule has 0 bridgehead atoms. The van der Waals surface area contributed by atoms with Gasteiger partial charge in [0.15, 0.2) is 0 Å². The fraction of sp³-hybridized carbons (Fsp3) is 0.238. The van der Waals surface area contributed by atoms with Crippen molar-refractivity contribution in [2.24, 2.45) is 0 Å². The van der Waals surface area contributed by atoms with Crippen molar-refractivity contribution in [3.05, 3.63) is 54.1 Å². The molecule has 2 aromatic rings. The van der Waals surface area contributed by atoms with E-state index >= 15 is 0 Å². The van der Waals surface area contributed by atoms with Gasteiger partial charge in [-0.05, 0) is 18.2 Å². The molecule has 0 spiro atoms. The van der Waals surface area contributed by atoms with E-state index in [9.17, 15) is 24.3 Å². The van der Waals surface area contributed by atoms with Crippen molar-refractivity contribution in [2.45, 2.75) is 12.6 Å². The zero-order valence-electron chi connectivity index (χ0n) is 17.2. The first kappa shape index (κ1) is 24.8. The Morgan fingerprint density at radius 1 is 0.818 bits per heavy atom. The number of rotatable bonds is 13. The van der Waals surface area contributed by atoms with E-state index < -0.39 is 36.6 Å². The van der Waals surface area contributed by atoms with E-state index in [0.29, 0.717) is 11.3 Å². The highest BCUT2D eigenvalue weighted by atomic mass is 16.5. The predicted octanol–water partition coefficient (Wildman–Crippen LogP) is 1.66. The van der Waals surface area contributed by atoms with Gasteiger partial charge in [0.2, 0.25) is 6.04 Å². The number of carboxylic acid groups (broad SMARTS) is 4. The maximum Gasteiger partial charge on any atom is 0.408 e. The third-order valence-corrected chi connectivity index (χ3v) is 4.21. The second-order valence-corrected chi connectivity index (χ2v) is 6.59. The zero-order valence-corrected chi connectivity index (χ0v) is 17.2. The van der Waals surface area contributed by atoms with Crippen molar-refractivity contribution in [3.8, 4) is 11.5 Å². The molecule has 0 unspecified atom stereocenters. The smallest absolute Gasteiger partial charge is 0.408 e. The summed E-state index contributed by atoms with van der Waals surface area (Å²) in [6.07, 6.45) is -1.39. The molecule has 12 heteroatoms. The molecule has 0 radical (unpaired) electrons. The van der Waals surface area contributed by atoms with Crippen LogP contribution in [-0.2, 0) is 20.9 Å². The molecule has 1 amide bonds. The summed E-state index contributed by atoms with van der Waals surface area (Å²) in [5, 5.41) is 38.5. The second-order valence-electron chi connectivity index (χ2n) is 6.59. The van der Waals surface area contributed by atoms with Crippen molar-refractivity contribution >= 4 is 29.7 Å². The molecule has 0 aliphatic carbocycles. The molecule has 0 saturated heterocycles. The van der Waals surface area contributed by atoms with Gasteiger partial charge >= 0.3 is 24.0 Å². The highest BCUT2D eigenvalue weighted by Crippen LogP contribution is 2.25. The lowest BCUT2D eigenvalue weighted by Crippen LogP contribution is -2.37. The topological polar surface area (TPSA) is 183 Å². The molecular weight excluding hydrogens is 440 g/mol. The van der Waals surface area contributed by atoms with Crippen LogP contribution in [0.4, 0.5) is 10.5 Å². The lowest BCUT2D eigenvalue weighted by Gasteiger charge is -2.19. The Morgan fingerprint density at radius 3 is 1.94 bits per heavy atom. The number of para-hydroxylation sites is 3. The summed E-state index contributed by atoms with van der Waals surface area (Å²) in [6.45, 7) is -0.879. The van der Waals surface area contributed by atoms with Gasteiger partial charge in [0.05, 0.1) is 12.2 Å². The maximum absolute atomic E-state index is 11.3. The summed E-state index contributed by atoms with van der Waals surface area (Å²) >= 11 is 0. The summed E-state index contributed by atoms with van der Waals surface area (Å²) in [4.78, 5) is 45.1. The third-order valence-electron chi connectivity index (χ3n) is 4.21. The van der Waals surface area contributed by atoms with E-state index in [0.717, 1.165) is 4.90 Å². The van der Waals surface area contributed by atoms with Crippen LogP contribution in [0.2, 0.25) is 0 Å². The van der Waals surface area contributed by atoms with Gasteiger partial charge in [-0.2, -0.15) is 0 Å². The first-order valence-corrected chi connectivity index (χ1v) is 9.53. The van der Waals surface area contributed by atoms with Gasteiger partial charge in [-0.3, -0.25) is 9.69 Å². The first-order chi connectivity index (χ1) is 15.7. The van der Waals surface area contributed by atoms with Gasteiger partial charge in [0.25, 0.3) is 0 Å². The number of carbonyl (C=O) groups is 4. The van der Waals surface area contributed by atoms with Crippen LogP contribution in [0.1, 0.15) is 5.56 Å². The van der Waals surface area contributed by atoms with E-state index in [4.69, 9.17) is 24.8 Å². The lowest BCUT2D eigenvalue weighted by atomic mass is 10.2. The number of nitrogens with zero attached hydrogens (tertiary/aromatic N) is 1. The minimum Gasteiger partial charge on any atom is -0.490 e. The van der Waals surface area contributed by atoms with Gasteiger partial charge in [-0.25, -0.2) is 14.4 Å². The van der Waals surface area contributed by atoms with E-state index in [-0.39, 0.29) is 31.2 Å². The number of amides is 1. The van der Waals surface area contributed by atoms with Gasteiger partial charge in [0, 0.05) is 5.56 Å². The molecule has 2 aromatic carbocycles. The molecule has 0 aliphatic rings. The number of benzene rings is 2. The largest absolute Gasteiger partial charge is 0.490 e. The molecule has 0 atom stereocenters. The SMILES string of the molecule is O=C(O)CN(Cc1ccccc1OCCOc1ccccc1NC(C(=O)O)C(=O)O)C(=O)O. The van der Waals surface area contributed by atoms with Gasteiger partial charge < -0.3 is 35.2 Å². The Kier molecular flexibility index (Phi) is 8.85. The maximum atomic E-state index is 11.3. The molecule has 12 nitrogen and oxygen atoms in total. The molecule has 0 aromatic heterocycles. The normalized spacial score (nSPS) is 10.3. The standard InChI is InChI=1S/C21H22N2O10/c24-17(25)12-23(21(30)31)11-13-5-1-3-7-15(13)32-9-10-33-16-8-4-2-6-14(16)22-18(19(26)27)20(28)29/h1-8,18,22H,9-12H2,(H,24,25)(H,26,27)(H,28,29)(H,30,31). The van der Waals surface area contributed by atoms with Gasteiger partial charge in [0.1, 0.15) is 31.3 Å². The van der Waals surface area contributed by atoms with Crippen LogP contribution < -0.4 is 14.8 Å². The number of hydrogen-bond acceptors (Lipinski definition) is 7. The third kappa shape index (κ3) is 7.61. The van der Waals surface area contributed by atoms with Crippen LogP contribution >= 0.6 is 0 Å². The van der Waals surface area contributed by atoms with E-state index in [1.807, 2.05) is 0 Å². The van der Waals surface area contributed by atoms with Crippen LogP contribution in [0.5, 0.6) is 11.5 Å². The average molecular weight is 462 g/mol. The minimum absolute atomic E-state index is 0.00436. The Morgan fingerprint density at radius 2 is 1.36 bits per heavy atom. The van der Waals surface area contributed by atoms with Crippen molar-refractivity contribution in [1.29, 1.82) is 0 Å². The highest BCUT2D eigenvalue weighted by Gasteiger charge is 2.26. The van der Waals surface area contributed by atoms with Crippen LogP contribution in [0.3, 0.4) is 0 Å². The number of nitrogens with one attached hydrogen (secondary N) is 1. The van der Waals surface area contributed by atoms with Crippen molar-refractivity contribution in [3.63, 3.8) is 0 Å². The van der Waals surface area contributed by atoms with Gasteiger partial charge in [-0.1, -0.05) is 30.3 Å². The summed E-state index contributed by atoms with van der Waals surface area (Å²) in [5.41, 5.74) is 0.618. The average Bonchev–Trinajstić information content (AvgIpc) is 2.75. The summed E-state index contributed by atoms with van der Waals surface area (Å²) in [7, 11) is 0. The van der Waals surface area contributed by atoms with Crippen molar-refractivity contribution in [1.82, 2.24) is 4.90 Å². The van der Waals surface area contributed by atoms with Crippen LogP contribution in [-0.4, -0.2) is 75.1 Å². The molecule has 0 fully saturated rings. The van der Waals surface area contributed by atoms with E-state index in [1.54, 1.807) is 36.4 Å². The predicted molar refractivity (Wildman–Crippen MR) is 113 cm³/mol. The molecule has 2 rings (SSSR count). The Hall–Kier alpha value is -4.48. The number of hydrogen-bond donors (Lipinski definition) is 5. The molecule has 5 N–H and O–H groups in total. The van der Waals surface area contributed by atoms with Crippen LogP contribution in [0.25, 0.3) is 0 Å². The summed E-state index contributed by atoms with van der Waals surface area (Å²) < 4.78 is 11.2. The Balaban J connectivity index is 2.00. The number of anilines is 1. The fourth-order valence-corrected chi connectivity index (χ4v) is 2.73. The quantitative estimate of drug-likeness (QED) is 0.215. The summed E-state index contributed by atoms with van der Waals surface area (Å²) in [6, 6.07) is 10.8. The number of ether oxygens (including phenoxy) is 2. The molecule has 33 heavy (non-hydrogen) atoms. The van der Waals surface area contributed by atoms with Gasteiger partial charge in [-0.15, -0.1) is 0 Å². The second kappa shape index (κ2) is 11.8. The lowest BCUT2D eigenvalue weighted by molar-refractivity contribution is -0.148. The molecule has 176 valence electrons. The van der Waals surface area contributed by atoms with E-state index in [1.165, 1.54) is 12.1 Å². The molecular formula is C21H22N2O10. The number of aliphatic carboxylic acids is 3. The van der Waals surface area contributed by atoms with Crippen LogP contribution in [0.15, 0.2) is 48.5 Å². The molecule has 0 aliphatic heterocycles. The van der Waals surface area contributed by atoms with Crippen LogP contribution in [0, 0.1) is 0 Å². The molecule has 0 heterocycles. The first-order valence-electron chi connectivity index (χ1n) is 9.53. The monoisotopic (exact) mass is 462 g/mol. The van der Waals surface area contributed by atoms with E-state index in [2.05, 4.69) is 5.32 Å². The summed E-state index contributed by atoms with van der Waals surface area (Å²) in [5.74, 6) is -3.86. The van der Waals surface area contributed by atoms with Crippen molar-refractivity contribution in [2.75, 3.05) is 25.1 Å². The molecule has 0 saturated carbocycles. The Labute approximate surface area is 187 Å². The fourth-order valence-electron chi connectivity index (χ4n) is 2.73. The van der Waals surface area contributed by atoms with Crippen molar-refractivity contribution < 1.29 is 49.1 Å². The minimum atomic E-state index is -1.86.